The van der Waals surface area contributed by atoms with Crippen LogP contribution in [-0.2, 0) is 0 Å². The van der Waals surface area contributed by atoms with Crippen molar-refractivity contribution < 1.29 is 14.0 Å². The average Bonchev–Trinajstić information content (AvgIpc) is 2.62. The lowest BCUT2D eigenvalue weighted by Crippen LogP contribution is -2.18. The molecule has 2 amide bonds. The summed E-state index contributed by atoms with van der Waals surface area (Å²) in [5.74, 6) is -0.822. The number of anilines is 1. The zero-order valence-corrected chi connectivity index (χ0v) is 13.8. The summed E-state index contributed by atoms with van der Waals surface area (Å²) in [6, 6.07) is 12.8. The van der Waals surface area contributed by atoms with Crippen molar-refractivity contribution in [1.29, 1.82) is 0 Å². The van der Waals surface area contributed by atoms with Gasteiger partial charge >= 0.3 is 0 Å². The second-order valence-corrected chi connectivity index (χ2v) is 5.59. The van der Waals surface area contributed by atoms with E-state index in [0.29, 0.717) is 22.2 Å². The monoisotopic (exact) mass is 336 g/mol. The fourth-order valence-electron chi connectivity index (χ4n) is 2.42. The zero-order valence-electron chi connectivity index (χ0n) is 13.8. The minimum absolute atomic E-state index is 0.0725. The molecule has 1 heterocycles. The van der Waals surface area contributed by atoms with Crippen LogP contribution >= 0.6 is 0 Å². The van der Waals surface area contributed by atoms with E-state index in [1.807, 2.05) is 13.0 Å². The van der Waals surface area contributed by atoms with Crippen molar-refractivity contribution in [2.75, 3.05) is 12.4 Å². The highest BCUT2D eigenvalue weighted by molar-refractivity contribution is 6.03. The van der Waals surface area contributed by atoms with Crippen molar-refractivity contribution in [1.82, 2.24) is 5.32 Å². The van der Waals surface area contributed by atoms with Gasteiger partial charge < -0.3 is 15.1 Å². The Morgan fingerprint density at radius 2 is 1.68 bits per heavy atom. The molecule has 6 heteroatoms. The number of hydrogen-bond acceptors (Lipinski definition) is 4. The normalized spacial score (nSPS) is 10.5. The van der Waals surface area contributed by atoms with Gasteiger partial charge in [-0.25, -0.2) is 0 Å². The van der Waals surface area contributed by atoms with Crippen LogP contribution < -0.4 is 16.1 Å². The van der Waals surface area contributed by atoms with Gasteiger partial charge in [-0.15, -0.1) is 0 Å². The first-order valence-electron chi connectivity index (χ1n) is 7.66. The summed E-state index contributed by atoms with van der Waals surface area (Å²) in [5.41, 5.74) is 1.99. The van der Waals surface area contributed by atoms with Crippen LogP contribution in [0.15, 0.2) is 57.7 Å². The predicted molar refractivity (Wildman–Crippen MR) is 95.0 cm³/mol. The third-order valence-electron chi connectivity index (χ3n) is 3.74. The Balaban J connectivity index is 1.86. The summed E-state index contributed by atoms with van der Waals surface area (Å²) >= 11 is 0. The molecule has 0 aliphatic carbocycles. The Morgan fingerprint density at radius 3 is 2.36 bits per heavy atom. The summed E-state index contributed by atoms with van der Waals surface area (Å²) in [7, 11) is 1.54. The molecule has 0 aliphatic rings. The maximum Gasteiger partial charge on any atom is 0.291 e. The Hall–Kier alpha value is -3.41. The number of amides is 2. The number of carbonyl (C=O) groups excluding carboxylic acids is 2. The van der Waals surface area contributed by atoms with Crippen molar-refractivity contribution >= 4 is 28.5 Å². The lowest BCUT2D eigenvalue weighted by atomic mass is 10.1. The lowest BCUT2D eigenvalue weighted by Gasteiger charge is -2.07. The standard InChI is InChI=1S/C19H16N2O4/c1-11-3-8-16-14(9-11)15(22)10-17(25-16)19(24)21-13-6-4-12(5-7-13)18(23)20-2/h3-10H,1-2H3,(H,20,23)(H,21,24). The molecule has 0 radical (unpaired) electrons. The number of hydrogen-bond donors (Lipinski definition) is 2. The number of nitrogens with one attached hydrogen (secondary N) is 2. The van der Waals surface area contributed by atoms with Gasteiger partial charge in [0.15, 0.2) is 11.2 Å². The molecular formula is C19H16N2O4. The Bertz CT molecular complexity index is 1020. The zero-order chi connectivity index (χ0) is 18.0. The minimum atomic E-state index is -0.535. The SMILES string of the molecule is CNC(=O)c1ccc(NC(=O)c2cc(=O)c3cc(C)ccc3o2)cc1. The second kappa shape index (κ2) is 6.60. The lowest BCUT2D eigenvalue weighted by molar-refractivity contribution is 0.0962. The fourth-order valence-corrected chi connectivity index (χ4v) is 2.42. The van der Waals surface area contributed by atoms with Crippen molar-refractivity contribution in [3.8, 4) is 0 Å². The van der Waals surface area contributed by atoms with E-state index in [-0.39, 0.29) is 17.1 Å². The van der Waals surface area contributed by atoms with E-state index in [9.17, 15) is 14.4 Å². The minimum Gasteiger partial charge on any atom is -0.451 e. The summed E-state index contributed by atoms with van der Waals surface area (Å²) in [5, 5.41) is 5.60. The number of fused-ring (bicyclic) bond motifs is 1. The second-order valence-electron chi connectivity index (χ2n) is 5.59. The van der Waals surface area contributed by atoms with E-state index in [1.54, 1.807) is 43.4 Å². The Labute approximate surface area is 143 Å². The molecule has 6 nitrogen and oxygen atoms in total. The first-order chi connectivity index (χ1) is 12.0. The molecule has 0 atom stereocenters. The first-order valence-corrected chi connectivity index (χ1v) is 7.66. The van der Waals surface area contributed by atoms with Crippen molar-refractivity contribution in [3.63, 3.8) is 0 Å². The fraction of sp³-hybridized carbons (Fsp3) is 0.105. The van der Waals surface area contributed by atoms with Crippen LogP contribution in [0.25, 0.3) is 11.0 Å². The van der Waals surface area contributed by atoms with Gasteiger partial charge in [-0.2, -0.15) is 0 Å². The molecule has 2 N–H and O–H groups in total. The average molecular weight is 336 g/mol. The third kappa shape index (κ3) is 3.42. The van der Waals surface area contributed by atoms with E-state index in [2.05, 4.69) is 10.6 Å². The highest BCUT2D eigenvalue weighted by atomic mass is 16.3. The number of aryl methyl sites for hydroxylation is 1. The topological polar surface area (TPSA) is 88.4 Å². The Kier molecular flexibility index (Phi) is 4.35. The van der Waals surface area contributed by atoms with E-state index < -0.39 is 5.91 Å². The van der Waals surface area contributed by atoms with Gasteiger partial charge in [0.2, 0.25) is 0 Å². The molecule has 0 spiro atoms. The van der Waals surface area contributed by atoms with Gasteiger partial charge in [-0.3, -0.25) is 14.4 Å². The highest BCUT2D eigenvalue weighted by Gasteiger charge is 2.13. The van der Waals surface area contributed by atoms with Crippen molar-refractivity contribution in [2.24, 2.45) is 0 Å². The highest BCUT2D eigenvalue weighted by Crippen LogP contribution is 2.16. The smallest absolute Gasteiger partial charge is 0.291 e. The van der Waals surface area contributed by atoms with Gasteiger partial charge in [0.05, 0.1) is 5.39 Å². The van der Waals surface area contributed by atoms with E-state index in [1.165, 1.54) is 6.07 Å². The van der Waals surface area contributed by atoms with Crippen LogP contribution in [0.3, 0.4) is 0 Å². The van der Waals surface area contributed by atoms with Crippen LogP contribution in [-0.4, -0.2) is 18.9 Å². The van der Waals surface area contributed by atoms with Gasteiger partial charge in [0.1, 0.15) is 5.58 Å². The van der Waals surface area contributed by atoms with Gasteiger partial charge in [-0.1, -0.05) is 11.6 Å². The molecule has 3 aromatic rings. The molecule has 0 aliphatic heterocycles. The van der Waals surface area contributed by atoms with E-state index >= 15 is 0 Å². The quantitative estimate of drug-likeness (QED) is 0.770. The van der Waals surface area contributed by atoms with Crippen molar-refractivity contribution in [3.05, 3.63) is 75.6 Å². The van der Waals surface area contributed by atoms with Crippen LogP contribution in [0.1, 0.15) is 26.5 Å². The van der Waals surface area contributed by atoms with E-state index in [4.69, 9.17) is 4.42 Å². The summed E-state index contributed by atoms with van der Waals surface area (Å²) in [4.78, 5) is 36.0. The molecule has 2 aromatic carbocycles. The molecule has 0 bridgehead atoms. The van der Waals surface area contributed by atoms with Crippen LogP contribution in [0.5, 0.6) is 0 Å². The van der Waals surface area contributed by atoms with Gasteiger partial charge in [0, 0.05) is 24.4 Å². The maximum atomic E-state index is 12.3. The molecule has 0 saturated heterocycles. The predicted octanol–water partition coefficient (Wildman–Crippen LogP) is 2.71. The van der Waals surface area contributed by atoms with Crippen LogP contribution in [0, 0.1) is 6.92 Å². The Morgan fingerprint density at radius 1 is 0.960 bits per heavy atom. The molecule has 0 saturated carbocycles. The summed E-state index contributed by atoms with van der Waals surface area (Å²) in [6.45, 7) is 1.88. The molecule has 0 unspecified atom stereocenters. The maximum absolute atomic E-state index is 12.3. The number of carbonyl (C=O) groups is 2. The number of rotatable bonds is 3. The van der Waals surface area contributed by atoms with Crippen LogP contribution in [0.4, 0.5) is 5.69 Å². The molecule has 0 fully saturated rings. The molecule has 126 valence electrons. The summed E-state index contributed by atoms with van der Waals surface area (Å²) < 4.78 is 5.53. The van der Waals surface area contributed by atoms with E-state index in [0.717, 1.165) is 5.56 Å². The molecule has 3 rings (SSSR count). The van der Waals surface area contributed by atoms with Gasteiger partial charge in [0.25, 0.3) is 11.8 Å². The first kappa shape index (κ1) is 16.4. The summed E-state index contributed by atoms with van der Waals surface area (Å²) in [6.07, 6.45) is 0. The van der Waals surface area contributed by atoms with Crippen molar-refractivity contribution in [2.45, 2.75) is 6.92 Å². The molecule has 1 aromatic heterocycles. The number of benzene rings is 2. The largest absolute Gasteiger partial charge is 0.451 e. The third-order valence-corrected chi connectivity index (χ3v) is 3.74. The van der Waals surface area contributed by atoms with Gasteiger partial charge in [-0.05, 0) is 43.3 Å². The molecular weight excluding hydrogens is 320 g/mol. The van der Waals surface area contributed by atoms with Crippen LogP contribution in [0.2, 0.25) is 0 Å². The molecule has 25 heavy (non-hydrogen) atoms.